The number of hydrogen-bond donors (Lipinski definition) is 2. The minimum absolute atomic E-state index is 0.0798. The molecule has 5 nitrogen and oxygen atoms in total. The maximum Gasteiger partial charge on any atom is 0.318 e. The summed E-state index contributed by atoms with van der Waals surface area (Å²) >= 11 is 0. The molecular formula is C19H27N3O2. The monoisotopic (exact) mass is 329 g/mol. The van der Waals surface area contributed by atoms with Crippen molar-refractivity contribution in [2.24, 2.45) is 0 Å². The van der Waals surface area contributed by atoms with Crippen LogP contribution in [0.25, 0.3) is 0 Å². The largest absolute Gasteiger partial charge is 0.335 e. The highest BCUT2D eigenvalue weighted by Crippen LogP contribution is 2.22. The maximum atomic E-state index is 12.6. The van der Waals surface area contributed by atoms with Crippen molar-refractivity contribution in [3.05, 3.63) is 29.8 Å². The third-order valence-corrected chi connectivity index (χ3v) is 5.03. The second kappa shape index (κ2) is 7.69. The van der Waals surface area contributed by atoms with Crippen LogP contribution in [0.5, 0.6) is 0 Å². The number of nitrogens with one attached hydrogen (secondary N) is 2. The van der Waals surface area contributed by atoms with Gasteiger partial charge in [-0.3, -0.25) is 4.79 Å². The van der Waals surface area contributed by atoms with E-state index in [0.717, 1.165) is 36.9 Å². The number of likely N-dealkylation sites (tertiary alicyclic amines) is 1. The van der Waals surface area contributed by atoms with Crippen LogP contribution in [0.3, 0.4) is 0 Å². The number of anilines is 1. The quantitative estimate of drug-likeness (QED) is 0.892. The van der Waals surface area contributed by atoms with Crippen molar-refractivity contribution < 1.29 is 9.59 Å². The van der Waals surface area contributed by atoms with E-state index in [1.165, 1.54) is 19.3 Å². The van der Waals surface area contributed by atoms with E-state index in [4.69, 9.17) is 0 Å². The molecule has 130 valence electrons. The smallest absolute Gasteiger partial charge is 0.318 e. The van der Waals surface area contributed by atoms with Crippen LogP contribution in [0.1, 0.15) is 50.5 Å². The lowest BCUT2D eigenvalue weighted by Gasteiger charge is -2.29. The van der Waals surface area contributed by atoms with Crippen molar-refractivity contribution in [2.75, 3.05) is 11.9 Å². The Morgan fingerprint density at radius 3 is 2.62 bits per heavy atom. The molecule has 3 amide bonds. The highest BCUT2D eigenvalue weighted by Gasteiger charge is 2.35. The Morgan fingerprint density at radius 2 is 1.88 bits per heavy atom. The first-order valence-corrected chi connectivity index (χ1v) is 9.08. The van der Waals surface area contributed by atoms with Crippen LogP contribution < -0.4 is 10.6 Å². The summed E-state index contributed by atoms with van der Waals surface area (Å²) in [6.45, 7) is 2.65. The molecule has 1 aromatic carbocycles. The third kappa shape index (κ3) is 4.08. The van der Waals surface area contributed by atoms with Crippen LogP contribution >= 0.6 is 0 Å². The molecule has 1 aliphatic heterocycles. The normalized spacial score (nSPS) is 21.5. The lowest BCUT2D eigenvalue weighted by molar-refractivity contribution is -0.119. The standard InChI is InChI=1S/C19H27N3O2/c1-14-7-5-10-16(13-14)20-18(23)17-11-6-12-22(17)19(24)21-15-8-3-2-4-9-15/h5,7,10,13,15,17H,2-4,6,8-9,11-12H2,1H3,(H,20,23)(H,21,24)/t17-/m0/s1. The van der Waals surface area contributed by atoms with Crippen LogP contribution in [0.15, 0.2) is 24.3 Å². The molecule has 0 bridgehead atoms. The molecule has 5 heteroatoms. The molecule has 0 unspecified atom stereocenters. The first-order chi connectivity index (χ1) is 11.6. The van der Waals surface area contributed by atoms with Crippen LogP contribution in [-0.4, -0.2) is 35.5 Å². The molecular weight excluding hydrogens is 302 g/mol. The predicted molar refractivity (Wildman–Crippen MR) is 94.9 cm³/mol. The Kier molecular flexibility index (Phi) is 5.38. The van der Waals surface area contributed by atoms with Gasteiger partial charge in [0.25, 0.3) is 0 Å². The summed E-state index contributed by atoms with van der Waals surface area (Å²) in [5.74, 6) is -0.0862. The van der Waals surface area contributed by atoms with Gasteiger partial charge in [-0.15, -0.1) is 0 Å². The van der Waals surface area contributed by atoms with Gasteiger partial charge in [0.15, 0.2) is 0 Å². The molecule has 0 aromatic heterocycles. The summed E-state index contributed by atoms with van der Waals surface area (Å²) in [6.07, 6.45) is 7.35. The number of urea groups is 1. The second-order valence-corrected chi connectivity index (χ2v) is 6.99. The summed E-state index contributed by atoms with van der Waals surface area (Å²) < 4.78 is 0. The van der Waals surface area contributed by atoms with Gasteiger partial charge in [0.2, 0.25) is 5.91 Å². The van der Waals surface area contributed by atoms with Gasteiger partial charge in [-0.05, 0) is 50.3 Å². The van der Waals surface area contributed by atoms with E-state index in [1.54, 1.807) is 4.90 Å². The molecule has 1 saturated heterocycles. The van der Waals surface area contributed by atoms with Gasteiger partial charge in [-0.1, -0.05) is 31.4 Å². The summed E-state index contributed by atoms with van der Waals surface area (Å²) in [6, 6.07) is 7.57. The minimum Gasteiger partial charge on any atom is -0.335 e. The van der Waals surface area contributed by atoms with Crippen molar-refractivity contribution in [3.8, 4) is 0 Å². The van der Waals surface area contributed by atoms with E-state index >= 15 is 0 Å². The Morgan fingerprint density at radius 1 is 1.08 bits per heavy atom. The van der Waals surface area contributed by atoms with Gasteiger partial charge in [0.1, 0.15) is 6.04 Å². The number of aryl methyl sites for hydroxylation is 1. The van der Waals surface area contributed by atoms with Crippen molar-refractivity contribution in [1.82, 2.24) is 10.2 Å². The van der Waals surface area contributed by atoms with Crippen LogP contribution in [0.2, 0.25) is 0 Å². The number of benzene rings is 1. The van der Waals surface area contributed by atoms with Gasteiger partial charge in [-0.2, -0.15) is 0 Å². The summed E-state index contributed by atoms with van der Waals surface area (Å²) in [7, 11) is 0. The molecule has 2 aliphatic rings. The highest BCUT2D eigenvalue weighted by molar-refractivity contribution is 5.97. The van der Waals surface area contributed by atoms with Crippen molar-refractivity contribution in [1.29, 1.82) is 0 Å². The van der Waals surface area contributed by atoms with E-state index in [0.29, 0.717) is 6.54 Å². The topological polar surface area (TPSA) is 61.4 Å². The number of nitrogens with zero attached hydrogens (tertiary/aromatic N) is 1. The molecule has 0 radical (unpaired) electrons. The van der Waals surface area contributed by atoms with Crippen LogP contribution in [-0.2, 0) is 4.79 Å². The molecule has 1 aliphatic carbocycles. The Balaban J connectivity index is 1.59. The molecule has 24 heavy (non-hydrogen) atoms. The maximum absolute atomic E-state index is 12.6. The van der Waals surface area contributed by atoms with Crippen LogP contribution in [0, 0.1) is 6.92 Å². The SMILES string of the molecule is Cc1cccc(NC(=O)[C@@H]2CCCN2C(=O)NC2CCCCC2)c1. The molecule has 2 fully saturated rings. The molecule has 0 spiro atoms. The fourth-order valence-electron chi connectivity index (χ4n) is 3.74. The summed E-state index contributed by atoms with van der Waals surface area (Å²) in [4.78, 5) is 26.9. The average Bonchev–Trinajstić information content (AvgIpc) is 3.06. The Hall–Kier alpha value is -2.04. The summed E-state index contributed by atoms with van der Waals surface area (Å²) in [5, 5.41) is 6.08. The van der Waals surface area contributed by atoms with E-state index < -0.39 is 0 Å². The van der Waals surface area contributed by atoms with Gasteiger partial charge in [-0.25, -0.2) is 4.79 Å². The van der Waals surface area contributed by atoms with Crippen LogP contribution in [0.4, 0.5) is 10.5 Å². The van der Waals surface area contributed by atoms with Crippen molar-refractivity contribution >= 4 is 17.6 Å². The fraction of sp³-hybridized carbons (Fsp3) is 0.579. The second-order valence-electron chi connectivity index (χ2n) is 6.99. The number of carbonyl (C=O) groups excluding carboxylic acids is 2. The van der Waals surface area contributed by atoms with Crippen molar-refractivity contribution in [2.45, 2.75) is 64.0 Å². The lowest BCUT2D eigenvalue weighted by atomic mass is 9.96. The molecule has 1 aromatic rings. The lowest BCUT2D eigenvalue weighted by Crippen LogP contribution is -2.50. The first-order valence-electron chi connectivity index (χ1n) is 9.08. The molecule has 1 heterocycles. The van der Waals surface area contributed by atoms with Gasteiger partial charge in [0, 0.05) is 18.3 Å². The molecule has 1 atom stereocenters. The molecule has 1 saturated carbocycles. The minimum atomic E-state index is -0.367. The predicted octanol–water partition coefficient (Wildman–Crippen LogP) is 3.44. The zero-order valence-electron chi connectivity index (χ0n) is 14.4. The van der Waals surface area contributed by atoms with Gasteiger partial charge >= 0.3 is 6.03 Å². The Bertz CT molecular complexity index is 596. The van der Waals surface area contributed by atoms with Crippen molar-refractivity contribution in [3.63, 3.8) is 0 Å². The van der Waals surface area contributed by atoms with E-state index in [2.05, 4.69) is 10.6 Å². The number of rotatable bonds is 3. The summed E-state index contributed by atoms with van der Waals surface area (Å²) in [5.41, 5.74) is 1.89. The van der Waals surface area contributed by atoms with E-state index in [1.807, 2.05) is 31.2 Å². The fourth-order valence-corrected chi connectivity index (χ4v) is 3.74. The number of amides is 3. The zero-order valence-corrected chi connectivity index (χ0v) is 14.4. The first kappa shape index (κ1) is 16.8. The van der Waals surface area contributed by atoms with Gasteiger partial charge < -0.3 is 15.5 Å². The third-order valence-electron chi connectivity index (χ3n) is 5.03. The van der Waals surface area contributed by atoms with E-state index in [-0.39, 0.29) is 24.0 Å². The Labute approximate surface area is 143 Å². The highest BCUT2D eigenvalue weighted by atomic mass is 16.2. The number of carbonyl (C=O) groups is 2. The molecule has 2 N–H and O–H groups in total. The molecule has 3 rings (SSSR count). The average molecular weight is 329 g/mol. The zero-order chi connectivity index (χ0) is 16.9. The van der Waals surface area contributed by atoms with E-state index in [9.17, 15) is 9.59 Å². The number of hydrogen-bond acceptors (Lipinski definition) is 2. The van der Waals surface area contributed by atoms with Gasteiger partial charge in [0.05, 0.1) is 0 Å².